The summed E-state index contributed by atoms with van der Waals surface area (Å²) in [5.74, 6) is 1.23. The number of hydrogen-bond acceptors (Lipinski definition) is 3. The third kappa shape index (κ3) is 3.76. The number of hydrogen-bond donors (Lipinski definition) is 1. The summed E-state index contributed by atoms with van der Waals surface area (Å²) >= 11 is 0. The summed E-state index contributed by atoms with van der Waals surface area (Å²) in [5.41, 5.74) is 0.458. The van der Waals surface area contributed by atoms with Crippen molar-refractivity contribution in [3.63, 3.8) is 0 Å². The molecule has 0 spiro atoms. The van der Waals surface area contributed by atoms with Gasteiger partial charge in [0.15, 0.2) is 9.84 Å². The maximum atomic E-state index is 11.8. The normalized spacial score (nSPS) is 34.2. The van der Waals surface area contributed by atoms with Crippen molar-refractivity contribution >= 4 is 9.84 Å². The molecule has 1 saturated heterocycles. The molecule has 1 aliphatic carbocycles. The third-order valence-electron chi connectivity index (χ3n) is 5.84. The summed E-state index contributed by atoms with van der Waals surface area (Å²) in [6.45, 7) is 7.73. The van der Waals surface area contributed by atoms with E-state index in [0.29, 0.717) is 23.8 Å². The Morgan fingerprint density at radius 2 is 1.75 bits per heavy atom. The lowest BCUT2D eigenvalue weighted by Gasteiger charge is -2.39. The molecule has 0 bridgehead atoms. The molecule has 1 atom stereocenters. The van der Waals surface area contributed by atoms with Gasteiger partial charge in [0, 0.05) is 12.6 Å². The first kappa shape index (κ1) is 16.3. The molecule has 4 heteroatoms. The molecule has 0 aromatic rings. The van der Waals surface area contributed by atoms with E-state index in [4.69, 9.17) is 0 Å². The Morgan fingerprint density at radius 1 is 1.10 bits per heavy atom. The lowest BCUT2D eigenvalue weighted by molar-refractivity contribution is 0.137. The van der Waals surface area contributed by atoms with Gasteiger partial charge in [-0.25, -0.2) is 8.42 Å². The molecular weight excluding hydrogens is 270 g/mol. The molecule has 1 saturated carbocycles. The molecule has 0 aromatic carbocycles. The van der Waals surface area contributed by atoms with Crippen LogP contribution in [0.5, 0.6) is 0 Å². The zero-order valence-electron chi connectivity index (χ0n) is 13.3. The van der Waals surface area contributed by atoms with Crippen molar-refractivity contribution in [1.29, 1.82) is 0 Å². The highest BCUT2D eigenvalue weighted by Gasteiger charge is 2.34. The number of rotatable bonds is 5. The average Bonchev–Trinajstić information content (AvgIpc) is 2.76. The van der Waals surface area contributed by atoms with Crippen LogP contribution in [-0.2, 0) is 9.84 Å². The molecule has 118 valence electrons. The SMILES string of the molecule is CCC(C)(C)C1CCC(NCC2CCCS2(=O)=O)CC1. The van der Waals surface area contributed by atoms with Crippen LogP contribution < -0.4 is 5.32 Å². The van der Waals surface area contributed by atoms with Crippen molar-refractivity contribution < 1.29 is 8.42 Å². The molecule has 2 fully saturated rings. The zero-order valence-corrected chi connectivity index (χ0v) is 14.1. The lowest BCUT2D eigenvalue weighted by atomic mass is 9.69. The fourth-order valence-electron chi connectivity index (χ4n) is 3.75. The molecule has 2 aliphatic rings. The summed E-state index contributed by atoms with van der Waals surface area (Å²) in [7, 11) is -2.79. The fourth-order valence-corrected chi connectivity index (χ4v) is 5.53. The molecule has 0 amide bonds. The van der Waals surface area contributed by atoms with Crippen LogP contribution in [0.25, 0.3) is 0 Å². The predicted molar refractivity (Wildman–Crippen MR) is 84.6 cm³/mol. The lowest BCUT2D eigenvalue weighted by Crippen LogP contribution is -2.41. The Kier molecular flexibility index (Phi) is 5.17. The second-order valence-electron chi connectivity index (χ2n) is 7.43. The van der Waals surface area contributed by atoms with Gasteiger partial charge in [0.1, 0.15) is 0 Å². The molecule has 1 unspecified atom stereocenters. The monoisotopic (exact) mass is 301 g/mol. The van der Waals surface area contributed by atoms with E-state index < -0.39 is 9.84 Å². The minimum absolute atomic E-state index is 0.118. The van der Waals surface area contributed by atoms with Crippen molar-refractivity contribution in [1.82, 2.24) is 5.32 Å². The van der Waals surface area contributed by atoms with E-state index in [1.54, 1.807) is 0 Å². The van der Waals surface area contributed by atoms with E-state index in [9.17, 15) is 8.42 Å². The van der Waals surface area contributed by atoms with E-state index >= 15 is 0 Å². The highest BCUT2D eigenvalue weighted by molar-refractivity contribution is 7.92. The molecular formula is C16H31NO2S. The van der Waals surface area contributed by atoms with Crippen LogP contribution in [-0.4, -0.2) is 32.0 Å². The molecule has 0 radical (unpaired) electrons. The summed E-state index contributed by atoms with van der Waals surface area (Å²) in [6, 6.07) is 0.537. The van der Waals surface area contributed by atoms with Crippen LogP contribution in [0.1, 0.15) is 65.7 Å². The Hall–Kier alpha value is -0.0900. The number of sulfone groups is 1. The average molecular weight is 301 g/mol. The molecule has 2 rings (SSSR count). The van der Waals surface area contributed by atoms with E-state index in [-0.39, 0.29) is 5.25 Å². The van der Waals surface area contributed by atoms with Gasteiger partial charge in [-0.1, -0.05) is 27.2 Å². The molecule has 1 N–H and O–H groups in total. The zero-order chi connectivity index (χ0) is 14.8. The first-order chi connectivity index (χ1) is 9.35. The van der Waals surface area contributed by atoms with E-state index in [1.165, 1.54) is 32.1 Å². The Morgan fingerprint density at radius 3 is 2.25 bits per heavy atom. The van der Waals surface area contributed by atoms with Gasteiger partial charge in [0.05, 0.1) is 11.0 Å². The van der Waals surface area contributed by atoms with Gasteiger partial charge in [0.25, 0.3) is 0 Å². The maximum absolute atomic E-state index is 11.8. The van der Waals surface area contributed by atoms with Gasteiger partial charge >= 0.3 is 0 Å². The predicted octanol–water partition coefficient (Wildman–Crippen LogP) is 3.15. The first-order valence-corrected chi connectivity index (χ1v) is 10.0. The second kappa shape index (κ2) is 6.35. The fraction of sp³-hybridized carbons (Fsp3) is 1.00. The summed E-state index contributed by atoms with van der Waals surface area (Å²) < 4.78 is 23.6. The second-order valence-corrected chi connectivity index (χ2v) is 9.83. The standard InChI is InChI=1S/C16H31NO2S/c1-4-16(2,3)13-7-9-14(10-8-13)17-12-15-6-5-11-20(15,18)19/h13-15,17H,4-12H2,1-3H3. The van der Waals surface area contributed by atoms with Crippen molar-refractivity contribution in [2.24, 2.45) is 11.3 Å². The summed E-state index contributed by atoms with van der Waals surface area (Å²) in [5, 5.41) is 3.41. The highest BCUT2D eigenvalue weighted by Crippen LogP contribution is 2.40. The van der Waals surface area contributed by atoms with Crippen LogP contribution in [0, 0.1) is 11.3 Å². The van der Waals surface area contributed by atoms with Crippen molar-refractivity contribution in [2.75, 3.05) is 12.3 Å². The van der Waals surface area contributed by atoms with Crippen LogP contribution in [0.2, 0.25) is 0 Å². The highest BCUT2D eigenvalue weighted by atomic mass is 32.2. The quantitative estimate of drug-likeness (QED) is 0.848. The minimum Gasteiger partial charge on any atom is -0.313 e. The topological polar surface area (TPSA) is 46.2 Å². The molecule has 1 aliphatic heterocycles. The van der Waals surface area contributed by atoms with Crippen molar-refractivity contribution in [2.45, 2.75) is 77.0 Å². The molecule has 1 heterocycles. The van der Waals surface area contributed by atoms with Crippen LogP contribution in [0.3, 0.4) is 0 Å². The smallest absolute Gasteiger partial charge is 0.154 e. The van der Waals surface area contributed by atoms with Crippen LogP contribution in [0.15, 0.2) is 0 Å². The van der Waals surface area contributed by atoms with E-state index in [2.05, 4.69) is 26.1 Å². The van der Waals surface area contributed by atoms with Gasteiger partial charge in [-0.2, -0.15) is 0 Å². The summed E-state index contributed by atoms with van der Waals surface area (Å²) in [6.07, 6.45) is 7.95. The van der Waals surface area contributed by atoms with Crippen molar-refractivity contribution in [3.05, 3.63) is 0 Å². The van der Waals surface area contributed by atoms with Gasteiger partial charge in [-0.3, -0.25) is 0 Å². The summed E-state index contributed by atoms with van der Waals surface area (Å²) in [4.78, 5) is 0. The van der Waals surface area contributed by atoms with Gasteiger partial charge in [-0.15, -0.1) is 0 Å². The Bertz CT molecular complexity index is 408. The van der Waals surface area contributed by atoms with E-state index in [1.807, 2.05) is 0 Å². The van der Waals surface area contributed by atoms with Gasteiger partial charge in [0.2, 0.25) is 0 Å². The molecule has 3 nitrogen and oxygen atoms in total. The van der Waals surface area contributed by atoms with Gasteiger partial charge < -0.3 is 5.32 Å². The molecule has 0 aromatic heterocycles. The first-order valence-electron chi connectivity index (χ1n) is 8.30. The molecule has 20 heavy (non-hydrogen) atoms. The largest absolute Gasteiger partial charge is 0.313 e. The minimum atomic E-state index is -2.79. The van der Waals surface area contributed by atoms with Gasteiger partial charge in [-0.05, 0) is 49.9 Å². The Labute approximate surface area is 124 Å². The Balaban J connectivity index is 1.75. The van der Waals surface area contributed by atoms with Crippen LogP contribution >= 0.6 is 0 Å². The maximum Gasteiger partial charge on any atom is 0.154 e. The van der Waals surface area contributed by atoms with E-state index in [0.717, 1.165) is 18.8 Å². The van der Waals surface area contributed by atoms with Crippen molar-refractivity contribution in [3.8, 4) is 0 Å². The number of nitrogens with one attached hydrogen (secondary N) is 1. The van der Waals surface area contributed by atoms with Crippen LogP contribution in [0.4, 0.5) is 0 Å². The third-order valence-corrected chi connectivity index (χ3v) is 8.12.